The number of hydrogen-bond acceptors (Lipinski definition) is 1. The third kappa shape index (κ3) is 4.58. The summed E-state index contributed by atoms with van der Waals surface area (Å²) in [4.78, 5) is 0. The van der Waals surface area contributed by atoms with E-state index in [0.29, 0.717) is 10.6 Å². The second-order valence-electron chi connectivity index (χ2n) is 7.95. The summed E-state index contributed by atoms with van der Waals surface area (Å²) in [6.45, 7) is 0. The molecule has 0 unspecified atom stereocenters. The van der Waals surface area contributed by atoms with Crippen molar-refractivity contribution in [2.24, 2.45) is 0 Å². The summed E-state index contributed by atoms with van der Waals surface area (Å²) in [6, 6.07) is 43.6. The van der Waals surface area contributed by atoms with Crippen molar-refractivity contribution in [3.63, 3.8) is 0 Å². The molecule has 0 N–H and O–H groups in total. The predicted molar refractivity (Wildman–Crippen MR) is 138 cm³/mol. The average molecular weight is 442 g/mol. The minimum absolute atomic E-state index is 0.556. The Morgan fingerprint density at radius 3 is 1.36 bits per heavy atom. The molecule has 0 radical (unpaired) electrons. The summed E-state index contributed by atoms with van der Waals surface area (Å²) in [5, 5.41) is 9.90. The van der Waals surface area contributed by atoms with E-state index in [1.54, 1.807) is 6.07 Å². The monoisotopic (exact) mass is 441 g/mol. The highest BCUT2D eigenvalue weighted by Crippen LogP contribution is 2.35. The lowest BCUT2D eigenvalue weighted by Gasteiger charge is -2.12. The van der Waals surface area contributed by atoms with Gasteiger partial charge in [0.2, 0.25) is 0 Å². The molecule has 0 atom stereocenters. The SMILES string of the molecule is N#Cc1cc(Cl)cc(-c2cccc(-c3cc(-c4ccccc4)cc(-c4ccccc4)c3)c2)c1. The second-order valence-corrected chi connectivity index (χ2v) is 8.39. The fourth-order valence-electron chi connectivity index (χ4n) is 4.09. The first kappa shape index (κ1) is 20.8. The number of rotatable bonds is 4. The fraction of sp³-hybridized carbons (Fsp3) is 0. The van der Waals surface area contributed by atoms with E-state index in [0.717, 1.165) is 22.3 Å². The van der Waals surface area contributed by atoms with Gasteiger partial charge in [0.05, 0.1) is 11.6 Å². The van der Waals surface area contributed by atoms with Gasteiger partial charge in [-0.3, -0.25) is 0 Å². The van der Waals surface area contributed by atoms with E-state index in [9.17, 15) is 5.26 Å². The van der Waals surface area contributed by atoms with Crippen molar-refractivity contribution in [2.45, 2.75) is 0 Å². The third-order valence-corrected chi connectivity index (χ3v) is 5.92. The van der Waals surface area contributed by atoms with Crippen LogP contribution in [0.15, 0.2) is 121 Å². The quantitative estimate of drug-likeness (QED) is 0.273. The molecule has 5 aromatic carbocycles. The molecule has 0 spiro atoms. The smallest absolute Gasteiger partial charge is 0.0992 e. The number of halogens is 1. The molecule has 0 bridgehead atoms. The molecule has 0 heterocycles. The molecule has 0 aromatic heterocycles. The van der Waals surface area contributed by atoms with E-state index < -0.39 is 0 Å². The zero-order chi connectivity index (χ0) is 22.6. The Labute approximate surface area is 199 Å². The Morgan fingerprint density at radius 2 is 0.848 bits per heavy atom. The molecule has 0 amide bonds. The highest BCUT2D eigenvalue weighted by atomic mass is 35.5. The summed E-state index contributed by atoms with van der Waals surface area (Å²) in [6.07, 6.45) is 0. The van der Waals surface area contributed by atoms with E-state index in [1.165, 1.54) is 22.3 Å². The van der Waals surface area contributed by atoms with Gasteiger partial charge in [-0.1, -0.05) is 90.5 Å². The molecule has 0 aliphatic rings. The largest absolute Gasteiger partial charge is 0.192 e. The predicted octanol–water partition coefficient (Wildman–Crippen LogP) is 8.88. The zero-order valence-electron chi connectivity index (χ0n) is 17.9. The van der Waals surface area contributed by atoms with Gasteiger partial charge in [0.25, 0.3) is 0 Å². The van der Waals surface area contributed by atoms with Crippen LogP contribution < -0.4 is 0 Å². The van der Waals surface area contributed by atoms with Gasteiger partial charge < -0.3 is 0 Å². The molecule has 2 heteroatoms. The van der Waals surface area contributed by atoms with E-state index in [4.69, 9.17) is 11.6 Å². The summed E-state index contributed by atoms with van der Waals surface area (Å²) in [7, 11) is 0. The van der Waals surface area contributed by atoms with Crippen molar-refractivity contribution in [1.82, 2.24) is 0 Å². The maximum atomic E-state index is 9.33. The number of nitrogens with zero attached hydrogens (tertiary/aromatic N) is 1. The van der Waals surface area contributed by atoms with Crippen LogP contribution in [-0.2, 0) is 0 Å². The van der Waals surface area contributed by atoms with Crippen LogP contribution in [0.5, 0.6) is 0 Å². The molecule has 5 rings (SSSR count). The molecule has 156 valence electrons. The molecular weight excluding hydrogens is 422 g/mol. The van der Waals surface area contributed by atoms with Crippen molar-refractivity contribution in [2.75, 3.05) is 0 Å². The maximum Gasteiger partial charge on any atom is 0.0992 e. The molecule has 0 aliphatic heterocycles. The molecule has 0 saturated heterocycles. The molecule has 5 aromatic rings. The van der Waals surface area contributed by atoms with Crippen LogP contribution in [0.25, 0.3) is 44.5 Å². The average Bonchev–Trinajstić information content (AvgIpc) is 2.89. The zero-order valence-corrected chi connectivity index (χ0v) is 18.6. The summed E-state index contributed by atoms with van der Waals surface area (Å²) < 4.78 is 0. The lowest BCUT2D eigenvalue weighted by molar-refractivity contribution is 1.48. The van der Waals surface area contributed by atoms with Crippen LogP contribution >= 0.6 is 11.6 Å². The summed E-state index contributed by atoms with van der Waals surface area (Å²) >= 11 is 6.26. The molecular formula is C31H20ClN. The van der Waals surface area contributed by atoms with E-state index in [2.05, 4.69) is 97.1 Å². The van der Waals surface area contributed by atoms with Gasteiger partial charge in [0, 0.05) is 5.02 Å². The second kappa shape index (κ2) is 9.17. The minimum Gasteiger partial charge on any atom is -0.192 e. The number of benzene rings is 5. The van der Waals surface area contributed by atoms with Crippen LogP contribution in [0.1, 0.15) is 5.56 Å². The van der Waals surface area contributed by atoms with Crippen LogP contribution in [-0.4, -0.2) is 0 Å². The van der Waals surface area contributed by atoms with Crippen molar-refractivity contribution in [1.29, 1.82) is 5.26 Å². The lowest BCUT2D eigenvalue weighted by Crippen LogP contribution is -1.87. The van der Waals surface area contributed by atoms with E-state index >= 15 is 0 Å². The van der Waals surface area contributed by atoms with Crippen LogP contribution in [0.2, 0.25) is 5.02 Å². The maximum absolute atomic E-state index is 9.33. The first-order valence-electron chi connectivity index (χ1n) is 10.8. The Bertz CT molecular complexity index is 1410. The van der Waals surface area contributed by atoms with Gasteiger partial charge in [-0.2, -0.15) is 5.26 Å². The normalized spacial score (nSPS) is 10.5. The van der Waals surface area contributed by atoms with Crippen molar-refractivity contribution in [3.8, 4) is 50.6 Å². The van der Waals surface area contributed by atoms with Gasteiger partial charge >= 0.3 is 0 Å². The van der Waals surface area contributed by atoms with Crippen molar-refractivity contribution < 1.29 is 0 Å². The van der Waals surface area contributed by atoms with E-state index in [-0.39, 0.29) is 0 Å². The fourth-order valence-corrected chi connectivity index (χ4v) is 4.32. The third-order valence-electron chi connectivity index (χ3n) is 5.70. The van der Waals surface area contributed by atoms with Crippen LogP contribution in [0.4, 0.5) is 0 Å². The van der Waals surface area contributed by atoms with Gasteiger partial charge in [0.1, 0.15) is 0 Å². The molecule has 0 aliphatic carbocycles. The lowest BCUT2D eigenvalue weighted by atomic mass is 9.92. The molecule has 1 nitrogen and oxygen atoms in total. The Hall–Kier alpha value is -4.12. The number of hydrogen-bond donors (Lipinski definition) is 0. The standard InChI is InChI=1S/C31H20ClN/c32-31-15-22(21-33)14-27(20-31)25-12-7-13-26(16-25)30-18-28(23-8-3-1-4-9-23)17-29(19-30)24-10-5-2-6-11-24/h1-20H. The van der Waals surface area contributed by atoms with Gasteiger partial charge in [-0.15, -0.1) is 0 Å². The highest BCUT2D eigenvalue weighted by molar-refractivity contribution is 6.31. The summed E-state index contributed by atoms with van der Waals surface area (Å²) in [5.74, 6) is 0. The summed E-state index contributed by atoms with van der Waals surface area (Å²) in [5.41, 5.74) is 9.48. The van der Waals surface area contributed by atoms with Crippen molar-refractivity contribution in [3.05, 3.63) is 132 Å². The minimum atomic E-state index is 0.556. The van der Waals surface area contributed by atoms with E-state index in [1.807, 2.05) is 24.3 Å². The molecule has 33 heavy (non-hydrogen) atoms. The molecule has 0 fully saturated rings. The number of nitriles is 1. The first-order valence-corrected chi connectivity index (χ1v) is 11.1. The van der Waals surface area contributed by atoms with Gasteiger partial charge in [-0.25, -0.2) is 0 Å². The Kier molecular flexibility index (Phi) is 5.77. The van der Waals surface area contributed by atoms with Gasteiger partial charge in [-0.05, 0) is 87.0 Å². The Morgan fingerprint density at radius 1 is 0.424 bits per heavy atom. The van der Waals surface area contributed by atoms with Crippen molar-refractivity contribution >= 4 is 11.6 Å². The Balaban J connectivity index is 1.66. The topological polar surface area (TPSA) is 23.8 Å². The first-order chi connectivity index (χ1) is 16.2. The molecule has 0 saturated carbocycles. The van der Waals surface area contributed by atoms with Crippen LogP contribution in [0, 0.1) is 11.3 Å². The highest BCUT2D eigenvalue weighted by Gasteiger charge is 2.09. The van der Waals surface area contributed by atoms with Gasteiger partial charge in [0.15, 0.2) is 0 Å². The van der Waals surface area contributed by atoms with Crippen LogP contribution in [0.3, 0.4) is 0 Å².